The molecule has 0 fully saturated rings. The quantitative estimate of drug-likeness (QED) is 0.552. The molecular formula is C17H28BrNO2. The first-order valence-corrected chi connectivity index (χ1v) is 8.79. The maximum Gasteiger partial charge on any atom is 0.120 e. The third kappa shape index (κ3) is 9.88. The first-order valence-electron chi connectivity index (χ1n) is 7.99. The van der Waals surface area contributed by atoms with Gasteiger partial charge in [-0.1, -0.05) is 61.0 Å². The predicted octanol–water partition coefficient (Wildman–Crippen LogP) is 4.14. The lowest BCUT2D eigenvalue weighted by atomic mass is 10.1. The summed E-state index contributed by atoms with van der Waals surface area (Å²) in [7, 11) is 0. The molecule has 1 aromatic carbocycles. The normalized spacial score (nSPS) is 12.3. The number of rotatable bonds is 12. The minimum absolute atomic E-state index is 0.319. The molecule has 1 unspecified atom stereocenters. The Kier molecular flexibility index (Phi) is 10.6. The van der Waals surface area contributed by atoms with Gasteiger partial charge in [-0.15, -0.1) is 0 Å². The Morgan fingerprint density at radius 3 is 2.71 bits per heavy atom. The molecule has 0 aliphatic carbocycles. The van der Waals surface area contributed by atoms with Crippen LogP contribution < -0.4 is 10.1 Å². The molecule has 0 spiro atoms. The van der Waals surface area contributed by atoms with Gasteiger partial charge < -0.3 is 15.2 Å². The van der Waals surface area contributed by atoms with E-state index in [1.165, 1.54) is 38.5 Å². The van der Waals surface area contributed by atoms with Crippen molar-refractivity contribution >= 4 is 15.9 Å². The SMILES string of the molecule is CCCCCCCCNCC(O)COc1cccc(Br)c1. The van der Waals surface area contributed by atoms with Crippen LogP contribution in [-0.4, -0.2) is 30.9 Å². The molecule has 0 heterocycles. The van der Waals surface area contributed by atoms with Crippen molar-refractivity contribution in [3.05, 3.63) is 28.7 Å². The summed E-state index contributed by atoms with van der Waals surface area (Å²) in [6.07, 6.45) is 7.30. The number of hydrogen-bond donors (Lipinski definition) is 2. The summed E-state index contributed by atoms with van der Waals surface area (Å²) in [5.41, 5.74) is 0. The van der Waals surface area contributed by atoms with Gasteiger partial charge in [0.05, 0.1) is 0 Å². The van der Waals surface area contributed by atoms with Crippen molar-refractivity contribution in [2.75, 3.05) is 19.7 Å². The monoisotopic (exact) mass is 357 g/mol. The summed E-state index contributed by atoms with van der Waals surface area (Å²) < 4.78 is 6.53. The van der Waals surface area contributed by atoms with Crippen molar-refractivity contribution in [3.8, 4) is 5.75 Å². The van der Waals surface area contributed by atoms with E-state index in [1.54, 1.807) is 0 Å². The average molecular weight is 358 g/mol. The van der Waals surface area contributed by atoms with Crippen LogP contribution in [0, 0.1) is 0 Å². The number of halogens is 1. The Morgan fingerprint density at radius 1 is 1.19 bits per heavy atom. The number of aliphatic hydroxyl groups excluding tert-OH is 1. The Balaban J connectivity index is 1.97. The van der Waals surface area contributed by atoms with E-state index < -0.39 is 6.10 Å². The molecule has 4 heteroatoms. The first kappa shape index (κ1) is 18.5. The highest BCUT2D eigenvalue weighted by Gasteiger charge is 2.04. The van der Waals surface area contributed by atoms with Crippen LogP contribution in [-0.2, 0) is 0 Å². The summed E-state index contributed by atoms with van der Waals surface area (Å²) in [6, 6.07) is 7.66. The molecule has 1 aromatic rings. The van der Waals surface area contributed by atoms with Crippen LogP contribution in [0.2, 0.25) is 0 Å². The predicted molar refractivity (Wildman–Crippen MR) is 91.9 cm³/mol. The topological polar surface area (TPSA) is 41.5 Å². The molecule has 2 N–H and O–H groups in total. The molecule has 0 amide bonds. The van der Waals surface area contributed by atoms with Crippen molar-refractivity contribution in [2.45, 2.75) is 51.6 Å². The van der Waals surface area contributed by atoms with E-state index in [2.05, 4.69) is 28.2 Å². The van der Waals surface area contributed by atoms with E-state index >= 15 is 0 Å². The molecule has 0 aromatic heterocycles. The second-order valence-electron chi connectivity index (χ2n) is 5.39. The van der Waals surface area contributed by atoms with E-state index in [-0.39, 0.29) is 0 Å². The highest BCUT2D eigenvalue weighted by molar-refractivity contribution is 9.10. The van der Waals surface area contributed by atoms with Crippen LogP contribution in [0.1, 0.15) is 45.4 Å². The maximum atomic E-state index is 9.85. The first-order chi connectivity index (χ1) is 10.2. The lowest BCUT2D eigenvalue weighted by Gasteiger charge is -2.13. The average Bonchev–Trinajstić information content (AvgIpc) is 2.48. The fraction of sp³-hybridized carbons (Fsp3) is 0.647. The Morgan fingerprint density at radius 2 is 1.95 bits per heavy atom. The zero-order chi connectivity index (χ0) is 15.3. The largest absolute Gasteiger partial charge is 0.491 e. The Hall–Kier alpha value is -0.580. The summed E-state index contributed by atoms with van der Waals surface area (Å²) in [6.45, 7) is 4.11. The van der Waals surface area contributed by atoms with E-state index in [4.69, 9.17) is 4.74 Å². The number of nitrogens with one attached hydrogen (secondary N) is 1. The van der Waals surface area contributed by atoms with E-state index in [0.29, 0.717) is 13.2 Å². The summed E-state index contributed by atoms with van der Waals surface area (Å²) in [5, 5.41) is 13.1. The summed E-state index contributed by atoms with van der Waals surface area (Å²) in [4.78, 5) is 0. The van der Waals surface area contributed by atoms with Crippen molar-refractivity contribution in [3.63, 3.8) is 0 Å². The molecule has 0 aliphatic rings. The van der Waals surface area contributed by atoms with Crippen LogP contribution >= 0.6 is 15.9 Å². The minimum Gasteiger partial charge on any atom is -0.491 e. The van der Waals surface area contributed by atoms with Crippen molar-refractivity contribution in [1.82, 2.24) is 5.32 Å². The van der Waals surface area contributed by atoms with Crippen LogP contribution in [0.15, 0.2) is 28.7 Å². The summed E-state index contributed by atoms with van der Waals surface area (Å²) >= 11 is 3.40. The number of hydrogen-bond acceptors (Lipinski definition) is 3. The van der Waals surface area contributed by atoms with Gasteiger partial charge in [0.15, 0.2) is 0 Å². The molecule has 0 saturated heterocycles. The second-order valence-corrected chi connectivity index (χ2v) is 6.31. The van der Waals surface area contributed by atoms with Crippen molar-refractivity contribution < 1.29 is 9.84 Å². The molecule has 0 saturated carbocycles. The van der Waals surface area contributed by atoms with Gasteiger partial charge in [0.2, 0.25) is 0 Å². The standard InChI is InChI=1S/C17H28BrNO2/c1-2-3-4-5-6-7-11-19-13-16(20)14-21-17-10-8-9-15(18)12-17/h8-10,12,16,19-20H,2-7,11,13-14H2,1H3. The molecule has 3 nitrogen and oxygen atoms in total. The van der Waals surface area contributed by atoms with Crippen molar-refractivity contribution in [2.24, 2.45) is 0 Å². The van der Waals surface area contributed by atoms with Gasteiger partial charge in [0.1, 0.15) is 18.5 Å². The van der Waals surface area contributed by atoms with E-state index in [0.717, 1.165) is 16.8 Å². The van der Waals surface area contributed by atoms with Crippen LogP contribution in [0.5, 0.6) is 5.75 Å². The summed E-state index contributed by atoms with van der Waals surface area (Å²) in [5.74, 6) is 0.777. The number of benzene rings is 1. The number of unbranched alkanes of at least 4 members (excludes halogenated alkanes) is 5. The lowest BCUT2D eigenvalue weighted by molar-refractivity contribution is 0.106. The molecule has 1 atom stereocenters. The molecule has 1 rings (SSSR count). The van der Waals surface area contributed by atoms with Crippen LogP contribution in [0.4, 0.5) is 0 Å². The van der Waals surface area contributed by atoms with Gasteiger partial charge in [-0.25, -0.2) is 0 Å². The highest BCUT2D eigenvalue weighted by Crippen LogP contribution is 2.17. The molecule has 0 aliphatic heterocycles. The van der Waals surface area contributed by atoms with Gasteiger partial charge in [-0.2, -0.15) is 0 Å². The Bertz CT molecular complexity index is 374. The lowest BCUT2D eigenvalue weighted by Crippen LogP contribution is -2.32. The number of ether oxygens (including phenoxy) is 1. The fourth-order valence-electron chi connectivity index (χ4n) is 2.11. The van der Waals surface area contributed by atoms with Gasteiger partial charge in [-0.05, 0) is 31.2 Å². The van der Waals surface area contributed by atoms with Crippen LogP contribution in [0.3, 0.4) is 0 Å². The highest BCUT2D eigenvalue weighted by atomic mass is 79.9. The third-order valence-electron chi connectivity index (χ3n) is 3.33. The molecule has 120 valence electrons. The maximum absolute atomic E-state index is 9.85. The minimum atomic E-state index is -0.468. The van der Waals surface area contributed by atoms with E-state index in [1.807, 2.05) is 24.3 Å². The zero-order valence-corrected chi connectivity index (χ0v) is 14.6. The Labute approximate surface area is 137 Å². The fourth-order valence-corrected chi connectivity index (χ4v) is 2.49. The van der Waals surface area contributed by atoms with Crippen molar-refractivity contribution in [1.29, 1.82) is 0 Å². The van der Waals surface area contributed by atoms with Gasteiger partial charge in [0.25, 0.3) is 0 Å². The second kappa shape index (κ2) is 12.0. The molecule has 0 bridgehead atoms. The third-order valence-corrected chi connectivity index (χ3v) is 3.82. The van der Waals surface area contributed by atoms with Gasteiger partial charge in [0, 0.05) is 11.0 Å². The van der Waals surface area contributed by atoms with E-state index in [9.17, 15) is 5.11 Å². The molecule has 0 radical (unpaired) electrons. The zero-order valence-electron chi connectivity index (χ0n) is 13.0. The number of aliphatic hydroxyl groups is 1. The van der Waals surface area contributed by atoms with Gasteiger partial charge in [-0.3, -0.25) is 0 Å². The molecular weight excluding hydrogens is 330 g/mol. The van der Waals surface area contributed by atoms with Gasteiger partial charge >= 0.3 is 0 Å². The smallest absolute Gasteiger partial charge is 0.120 e. The molecule has 21 heavy (non-hydrogen) atoms. The van der Waals surface area contributed by atoms with Crippen LogP contribution in [0.25, 0.3) is 0 Å².